The Morgan fingerprint density at radius 2 is 1.91 bits per heavy atom. The number of rotatable bonds is 2. The summed E-state index contributed by atoms with van der Waals surface area (Å²) in [6.45, 7) is 2.12. The molecule has 0 aliphatic heterocycles. The van der Waals surface area contributed by atoms with E-state index in [0.717, 1.165) is 12.2 Å². The monoisotopic (exact) mass is 153 g/mol. The SMILES string of the molecule is CCc1ccccc1OC.N. The second kappa shape index (κ2) is 4.74. The lowest BCUT2D eigenvalue weighted by atomic mass is 10.1. The largest absolute Gasteiger partial charge is 0.496 e. The van der Waals surface area contributed by atoms with Crippen molar-refractivity contribution in [3.63, 3.8) is 0 Å². The minimum Gasteiger partial charge on any atom is -0.496 e. The molecular formula is C9H15NO. The van der Waals surface area contributed by atoms with Crippen molar-refractivity contribution in [1.82, 2.24) is 6.15 Å². The van der Waals surface area contributed by atoms with Crippen LogP contribution in [0.25, 0.3) is 0 Å². The highest BCUT2D eigenvalue weighted by atomic mass is 16.5. The summed E-state index contributed by atoms with van der Waals surface area (Å²) in [7, 11) is 1.70. The van der Waals surface area contributed by atoms with Gasteiger partial charge in [0.25, 0.3) is 0 Å². The quantitative estimate of drug-likeness (QED) is 0.709. The van der Waals surface area contributed by atoms with Crippen LogP contribution >= 0.6 is 0 Å². The predicted molar refractivity (Wildman–Crippen MR) is 47.4 cm³/mol. The van der Waals surface area contributed by atoms with Gasteiger partial charge in [-0.15, -0.1) is 0 Å². The van der Waals surface area contributed by atoms with Crippen LogP contribution in [-0.2, 0) is 6.42 Å². The molecule has 0 saturated heterocycles. The molecule has 0 saturated carbocycles. The molecule has 11 heavy (non-hydrogen) atoms. The summed E-state index contributed by atoms with van der Waals surface area (Å²) < 4.78 is 5.14. The number of hydrogen-bond acceptors (Lipinski definition) is 2. The van der Waals surface area contributed by atoms with E-state index >= 15 is 0 Å². The molecule has 0 atom stereocenters. The van der Waals surface area contributed by atoms with Crippen molar-refractivity contribution in [2.75, 3.05) is 7.11 Å². The Labute approximate surface area is 67.8 Å². The minimum atomic E-state index is 0. The van der Waals surface area contributed by atoms with E-state index in [9.17, 15) is 0 Å². The van der Waals surface area contributed by atoms with E-state index in [4.69, 9.17) is 4.74 Å². The van der Waals surface area contributed by atoms with Gasteiger partial charge in [0, 0.05) is 0 Å². The highest BCUT2D eigenvalue weighted by Gasteiger charge is 1.95. The van der Waals surface area contributed by atoms with Crippen molar-refractivity contribution in [2.24, 2.45) is 0 Å². The van der Waals surface area contributed by atoms with Crippen LogP contribution in [-0.4, -0.2) is 7.11 Å². The first-order chi connectivity index (χ1) is 4.88. The van der Waals surface area contributed by atoms with Crippen molar-refractivity contribution in [2.45, 2.75) is 13.3 Å². The molecule has 2 heteroatoms. The third kappa shape index (κ3) is 2.24. The summed E-state index contributed by atoms with van der Waals surface area (Å²) in [5.41, 5.74) is 1.27. The van der Waals surface area contributed by atoms with Gasteiger partial charge in [-0.05, 0) is 18.1 Å². The minimum absolute atomic E-state index is 0. The van der Waals surface area contributed by atoms with Crippen molar-refractivity contribution in [3.05, 3.63) is 29.8 Å². The predicted octanol–water partition coefficient (Wildman–Crippen LogP) is 2.42. The summed E-state index contributed by atoms with van der Waals surface area (Å²) in [5, 5.41) is 0. The number of para-hydroxylation sites is 1. The maximum Gasteiger partial charge on any atom is 0.122 e. The van der Waals surface area contributed by atoms with Gasteiger partial charge >= 0.3 is 0 Å². The lowest BCUT2D eigenvalue weighted by molar-refractivity contribution is 0.410. The normalized spacial score (nSPS) is 8.55. The molecule has 0 amide bonds. The van der Waals surface area contributed by atoms with Crippen LogP contribution in [0.3, 0.4) is 0 Å². The summed E-state index contributed by atoms with van der Waals surface area (Å²) in [6.07, 6.45) is 1.03. The molecule has 0 aliphatic rings. The lowest BCUT2D eigenvalue weighted by Crippen LogP contribution is -1.88. The van der Waals surface area contributed by atoms with Crippen LogP contribution in [0.1, 0.15) is 12.5 Å². The summed E-state index contributed by atoms with van der Waals surface area (Å²) in [4.78, 5) is 0. The fraction of sp³-hybridized carbons (Fsp3) is 0.333. The van der Waals surface area contributed by atoms with Crippen LogP contribution in [0.2, 0.25) is 0 Å². The van der Waals surface area contributed by atoms with Gasteiger partial charge in [-0.3, -0.25) is 0 Å². The number of ether oxygens (including phenoxy) is 1. The Hall–Kier alpha value is -1.02. The Morgan fingerprint density at radius 1 is 1.27 bits per heavy atom. The number of hydrogen-bond donors (Lipinski definition) is 1. The fourth-order valence-corrected chi connectivity index (χ4v) is 0.995. The molecule has 3 N–H and O–H groups in total. The molecule has 0 radical (unpaired) electrons. The van der Waals surface area contributed by atoms with Crippen LogP contribution < -0.4 is 10.9 Å². The highest BCUT2D eigenvalue weighted by molar-refractivity contribution is 5.32. The molecule has 0 unspecified atom stereocenters. The van der Waals surface area contributed by atoms with E-state index in [1.54, 1.807) is 7.11 Å². The van der Waals surface area contributed by atoms with Crippen molar-refractivity contribution >= 4 is 0 Å². The van der Waals surface area contributed by atoms with Gasteiger partial charge in [0.1, 0.15) is 5.75 Å². The number of benzene rings is 1. The Morgan fingerprint density at radius 3 is 2.36 bits per heavy atom. The van der Waals surface area contributed by atoms with E-state index in [0.29, 0.717) is 0 Å². The first kappa shape index (κ1) is 9.98. The third-order valence-corrected chi connectivity index (χ3v) is 1.57. The van der Waals surface area contributed by atoms with Crippen LogP contribution in [0.4, 0.5) is 0 Å². The zero-order valence-electron chi connectivity index (χ0n) is 7.13. The maximum absolute atomic E-state index is 5.14. The van der Waals surface area contributed by atoms with Crippen LogP contribution in [0.5, 0.6) is 5.75 Å². The maximum atomic E-state index is 5.14. The van der Waals surface area contributed by atoms with Gasteiger partial charge in [-0.2, -0.15) is 0 Å². The number of methoxy groups -OCH3 is 1. The molecule has 0 spiro atoms. The van der Waals surface area contributed by atoms with E-state index in [1.165, 1.54) is 5.56 Å². The van der Waals surface area contributed by atoms with Crippen LogP contribution in [0.15, 0.2) is 24.3 Å². The fourth-order valence-electron chi connectivity index (χ4n) is 0.995. The topological polar surface area (TPSA) is 44.2 Å². The first-order valence-electron chi connectivity index (χ1n) is 3.50. The molecule has 2 nitrogen and oxygen atoms in total. The van der Waals surface area contributed by atoms with E-state index in [1.807, 2.05) is 18.2 Å². The lowest BCUT2D eigenvalue weighted by Gasteiger charge is -2.03. The summed E-state index contributed by atoms with van der Waals surface area (Å²) in [5.74, 6) is 0.991. The smallest absolute Gasteiger partial charge is 0.122 e. The van der Waals surface area contributed by atoms with Crippen molar-refractivity contribution < 1.29 is 4.74 Å². The average molecular weight is 153 g/mol. The van der Waals surface area contributed by atoms with Crippen LogP contribution in [0, 0.1) is 0 Å². The van der Waals surface area contributed by atoms with Crippen molar-refractivity contribution in [1.29, 1.82) is 0 Å². The van der Waals surface area contributed by atoms with Gasteiger partial charge in [-0.1, -0.05) is 25.1 Å². The van der Waals surface area contributed by atoms with Crippen molar-refractivity contribution in [3.8, 4) is 5.75 Å². The van der Waals surface area contributed by atoms with E-state index < -0.39 is 0 Å². The summed E-state index contributed by atoms with van der Waals surface area (Å²) in [6, 6.07) is 8.08. The zero-order chi connectivity index (χ0) is 7.40. The van der Waals surface area contributed by atoms with Gasteiger partial charge in [0.05, 0.1) is 7.11 Å². The standard InChI is InChI=1S/C9H12O.H3N/c1-3-8-6-4-5-7-9(8)10-2;/h4-7H,3H2,1-2H3;1H3. The Kier molecular flexibility index (Phi) is 4.30. The molecule has 1 rings (SSSR count). The molecule has 1 aromatic carbocycles. The zero-order valence-corrected chi connectivity index (χ0v) is 7.13. The van der Waals surface area contributed by atoms with E-state index in [2.05, 4.69) is 13.0 Å². The average Bonchev–Trinajstić information content (AvgIpc) is 2.04. The Bertz CT molecular complexity index is 187. The molecule has 0 heterocycles. The molecule has 0 fully saturated rings. The molecule has 0 aliphatic carbocycles. The third-order valence-electron chi connectivity index (χ3n) is 1.57. The van der Waals surface area contributed by atoms with Gasteiger partial charge in [0.15, 0.2) is 0 Å². The first-order valence-corrected chi connectivity index (χ1v) is 3.50. The van der Waals surface area contributed by atoms with E-state index in [-0.39, 0.29) is 6.15 Å². The van der Waals surface area contributed by atoms with Gasteiger partial charge in [-0.25, -0.2) is 0 Å². The molecule has 0 bridgehead atoms. The molecular weight excluding hydrogens is 138 g/mol. The second-order valence-electron chi connectivity index (χ2n) is 2.17. The molecule has 1 aromatic rings. The molecule has 62 valence electrons. The molecule has 0 aromatic heterocycles. The van der Waals surface area contributed by atoms with Gasteiger partial charge in [0.2, 0.25) is 0 Å². The summed E-state index contributed by atoms with van der Waals surface area (Å²) >= 11 is 0. The van der Waals surface area contributed by atoms with Gasteiger partial charge < -0.3 is 10.9 Å². The Balaban J connectivity index is 0.000001000. The number of aryl methyl sites for hydroxylation is 1. The highest BCUT2D eigenvalue weighted by Crippen LogP contribution is 2.16. The second-order valence-corrected chi connectivity index (χ2v) is 2.17.